The molecule has 7 heteroatoms. The predicted octanol–water partition coefficient (Wildman–Crippen LogP) is 0.220. The smallest absolute Gasteiger partial charge is 0.305 e. The van der Waals surface area contributed by atoms with Gasteiger partial charge in [0.15, 0.2) is 0 Å². The summed E-state index contributed by atoms with van der Waals surface area (Å²) in [5, 5.41) is 13.6. The molecule has 1 aromatic rings. The second-order valence-electron chi connectivity index (χ2n) is 4.02. The molecule has 0 saturated carbocycles. The molecule has 3 N–H and O–H groups in total. The number of carbonyl (C=O) groups excluding carboxylic acids is 2. The Labute approximate surface area is 108 Å². The number of rotatable bonds is 3. The van der Waals surface area contributed by atoms with Gasteiger partial charge in [0.2, 0.25) is 5.91 Å². The first-order valence-corrected chi connectivity index (χ1v) is 5.53. The Balaban J connectivity index is 2.34. The number of hydrogen-bond donors (Lipinski definition) is 3. The minimum Gasteiger partial charge on any atom is -0.497 e. The number of fused-ring (bicyclic) bond motifs is 1. The molecule has 7 nitrogen and oxygen atoms in total. The van der Waals surface area contributed by atoms with Crippen molar-refractivity contribution in [2.75, 3.05) is 12.4 Å². The van der Waals surface area contributed by atoms with Gasteiger partial charge in [-0.15, -0.1) is 0 Å². The number of ether oxygens (including phenoxy) is 1. The summed E-state index contributed by atoms with van der Waals surface area (Å²) in [4.78, 5) is 34.4. The number of methoxy groups -OCH3 is 1. The Morgan fingerprint density at radius 3 is 2.79 bits per heavy atom. The van der Waals surface area contributed by atoms with Gasteiger partial charge < -0.3 is 20.5 Å². The average molecular weight is 264 g/mol. The van der Waals surface area contributed by atoms with Gasteiger partial charge in [0, 0.05) is 0 Å². The van der Waals surface area contributed by atoms with E-state index in [-0.39, 0.29) is 5.56 Å². The van der Waals surface area contributed by atoms with Crippen LogP contribution in [0.5, 0.6) is 5.75 Å². The molecule has 1 atom stereocenters. The number of aliphatic carboxylic acids is 1. The SMILES string of the molecule is COc1ccc2c(c1)C(=O)NC(CC(=O)O)C(=O)N2. The number of amides is 2. The van der Waals surface area contributed by atoms with E-state index in [0.717, 1.165) is 0 Å². The Hall–Kier alpha value is -2.57. The molecule has 0 radical (unpaired) electrons. The molecule has 2 rings (SSSR count). The number of anilines is 1. The molecule has 1 unspecified atom stereocenters. The van der Waals surface area contributed by atoms with Crippen molar-refractivity contribution in [1.29, 1.82) is 0 Å². The first-order chi connectivity index (χ1) is 9.01. The Morgan fingerprint density at radius 1 is 1.42 bits per heavy atom. The van der Waals surface area contributed by atoms with E-state index in [0.29, 0.717) is 11.4 Å². The summed E-state index contributed by atoms with van der Waals surface area (Å²) in [5.41, 5.74) is 0.566. The van der Waals surface area contributed by atoms with E-state index < -0.39 is 30.2 Å². The molecule has 1 aliphatic rings. The van der Waals surface area contributed by atoms with E-state index in [1.165, 1.54) is 19.2 Å². The monoisotopic (exact) mass is 264 g/mol. The lowest BCUT2D eigenvalue weighted by Crippen LogP contribution is -2.42. The van der Waals surface area contributed by atoms with E-state index in [1.54, 1.807) is 6.07 Å². The van der Waals surface area contributed by atoms with Gasteiger partial charge in [0.1, 0.15) is 11.8 Å². The summed E-state index contributed by atoms with van der Waals surface area (Å²) in [7, 11) is 1.46. The molecule has 0 spiro atoms. The maximum atomic E-state index is 12.0. The molecule has 0 aliphatic carbocycles. The molecular formula is C12H12N2O5. The van der Waals surface area contributed by atoms with Gasteiger partial charge in [-0.25, -0.2) is 0 Å². The highest BCUT2D eigenvalue weighted by Crippen LogP contribution is 2.24. The zero-order chi connectivity index (χ0) is 14.0. The zero-order valence-electron chi connectivity index (χ0n) is 10.1. The van der Waals surface area contributed by atoms with Crippen LogP contribution in [0.15, 0.2) is 18.2 Å². The number of carboxylic acid groups (broad SMARTS) is 1. The molecule has 1 aliphatic heterocycles. The molecule has 2 amide bonds. The topological polar surface area (TPSA) is 105 Å². The van der Waals surface area contributed by atoms with E-state index in [9.17, 15) is 14.4 Å². The fourth-order valence-electron chi connectivity index (χ4n) is 1.79. The lowest BCUT2D eigenvalue weighted by atomic mass is 10.1. The van der Waals surface area contributed by atoms with Crippen LogP contribution in [-0.4, -0.2) is 36.0 Å². The number of carbonyl (C=O) groups is 3. The van der Waals surface area contributed by atoms with Crippen molar-refractivity contribution in [3.8, 4) is 5.75 Å². The van der Waals surface area contributed by atoms with Crippen molar-refractivity contribution >= 4 is 23.5 Å². The minimum atomic E-state index is -1.16. The van der Waals surface area contributed by atoms with E-state index in [2.05, 4.69) is 10.6 Å². The third-order valence-corrected chi connectivity index (χ3v) is 2.73. The van der Waals surface area contributed by atoms with Gasteiger partial charge in [0.05, 0.1) is 24.8 Å². The van der Waals surface area contributed by atoms with Gasteiger partial charge in [-0.05, 0) is 18.2 Å². The Bertz CT molecular complexity index is 555. The summed E-state index contributed by atoms with van der Waals surface area (Å²) in [6.07, 6.45) is -0.470. The van der Waals surface area contributed by atoms with Gasteiger partial charge in [-0.1, -0.05) is 0 Å². The zero-order valence-corrected chi connectivity index (χ0v) is 10.1. The molecule has 0 aromatic heterocycles. The van der Waals surface area contributed by atoms with Crippen LogP contribution in [0.2, 0.25) is 0 Å². The lowest BCUT2D eigenvalue weighted by Gasteiger charge is -2.11. The largest absolute Gasteiger partial charge is 0.497 e. The van der Waals surface area contributed by atoms with Gasteiger partial charge >= 0.3 is 5.97 Å². The first-order valence-electron chi connectivity index (χ1n) is 5.53. The van der Waals surface area contributed by atoms with Crippen LogP contribution >= 0.6 is 0 Å². The predicted molar refractivity (Wildman–Crippen MR) is 65.1 cm³/mol. The molecule has 1 heterocycles. The van der Waals surface area contributed by atoms with E-state index in [1.807, 2.05) is 0 Å². The van der Waals surface area contributed by atoms with Crippen molar-refractivity contribution < 1.29 is 24.2 Å². The number of benzene rings is 1. The van der Waals surface area contributed by atoms with Gasteiger partial charge in [-0.3, -0.25) is 14.4 Å². The normalized spacial score (nSPS) is 17.8. The molecule has 0 saturated heterocycles. The van der Waals surface area contributed by atoms with Crippen molar-refractivity contribution in [2.24, 2.45) is 0 Å². The van der Waals surface area contributed by atoms with Crippen LogP contribution in [0.1, 0.15) is 16.8 Å². The Kier molecular flexibility index (Phi) is 3.37. The third-order valence-electron chi connectivity index (χ3n) is 2.73. The van der Waals surface area contributed by atoms with Crippen molar-refractivity contribution in [3.63, 3.8) is 0 Å². The van der Waals surface area contributed by atoms with E-state index in [4.69, 9.17) is 9.84 Å². The standard InChI is InChI=1S/C12H12N2O5/c1-19-6-2-3-8-7(4-6)11(17)14-9(5-10(15)16)12(18)13-8/h2-4,9H,5H2,1H3,(H,13,18)(H,14,17)(H,15,16). The molecular weight excluding hydrogens is 252 g/mol. The minimum absolute atomic E-state index is 0.237. The Morgan fingerprint density at radius 2 is 2.16 bits per heavy atom. The summed E-state index contributed by atoms with van der Waals surface area (Å²) in [6, 6.07) is 3.52. The van der Waals surface area contributed by atoms with Crippen LogP contribution in [0.25, 0.3) is 0 Å². The van der Waals surface area contributed by atoms with Crippen molar-refractivity contribution in [3.05, 3.63) is 23.8 Å². The third kappa shape index (κ3) is 2.65. The summed E-state index contributed by atoms with van der Waals surface area (Å²) < 4.78 is 5.00. The fourth-order valence-corrected chi connectivity index (χ4v) is 1.79. The van der Waals surface area contributed by atoms with Gasteiger partial charge in [-0.2, -0.15) is 0 Å². The van der Waals surface area contributed by atoms with E-state index >= 15 is 0 Å². The second-order valence-corrected chi connectivity index (χ2v) is 4.02. The molecule has 0 bridgehead atoms. The number of carboxylic acids is 1. The second kappa shape index (κ2) is 4.97. The molecule has 1 aromatic carbocycles. The molecule has 19 heavy (non-hydrogen) atoms. The lowest BCUT2D eigenvalue weighted by molar-refractivity contribution is -0.139. The van der Waals surface area contributed by atoms with Crippen molar-refractivity contribution in [2.45, 2.75) is 12.5 Å². The summed E-state index contributed by atoms with van der Waals surface area (Å²) in [6.45, 7) is 0. The maximum absolute atomic E-state index is 12.0. The summed E-state index contributed by atoms with van der Waals surface area (Å²) in [5.74, 6) is -1.76. The maximum Gasteiger partial charge on any atom is 0.305 e. The quantitative estimate of drug-likeness (QED) is 0.724. The van der Waals surface area contributed by atoms with Crippen LogP contribution in [-0.2, 0) is 9.59 Å². The highest BCUT2D eigenvalue weighted by Gasteiger charge is 2.29. The molecule has 0 fully saturated rings. The highest BCUT2D eigenvalue weighted by atomic mass is 16.5. The summed E-state index contributed by atoms with van der Waals surface area (Å²) >= 11 is 0. The highest BCUT2D eigenvalue weighted by molar-refractivity contribution is 6.10. The van der Waals surface area contributed by atoms with Crippen molar-refractivity contribution in [1.82, 2.24) is 5.32 Å². The number of hydrogen-bond acceptors (Lipinski definition) is 4. The van der Waals surface area contributed by atoms with Crippen LogP contribution < -0.4 is 15.4 Å². The van der Waals surface area contributed by atoms with Crippen LogP contribution in [0.4, 0.5) is 5.69 Å². The van der Waals surface area contributed by atoms with Crippen LogP contribution in [0.3, 0.4) is 0 Å². The first kappa shape index (κ1) is 12.9. The average Bonchev–Trinajstić information content (AvgIpc) is 2.47. The molecule has 100 valence electrons. The number of nitrogens with one attached hydrogen (secondary N) is 2. The van der Waals surface area contributed by atoms with Gasteiger partial charge in [0.25, 0.3) is 5.91 Å². The van der Waals surface area contributed by atoms with Crippen LogP contribution in [0, 0.1) is 0 Å². The fraction of sp³-hybridized carbons (Fsp3) is 0.250.